The van der Waals surface area contributed by atoms with E-state index >= 15 is 0 Å². The molecule has 1 aliphatic rings. The van der Waals surface area contributed by atoms with Crippen molar-refractivity contribution in [3.8, 4) is 0 Å². The number of hydrogen-bond donors (Lipinski definition) is 2. The third kappa shape index (κ3) is 6.57. The highest BCUT2D eigenvalue weighted by Crippen LogP contribution is 2.26. The summed E-state index contributed by atoms with van der Waals surface area (Å²) in [6.07, 6.45) is 3.60. The van der Waals surface area contributed by atoms with Crippen molar-refractivity contribution in [1.82, 2.24) is 5.32 Å². The van der Waals surface area contributed by atoms with Crippen molar-refractivity contribution in [2.75, 3.05) is 6.54 Å². The Bertz CT molecular complexity index is 314. The highest BCUT2D eigenvalue weighted by atomic mass is 16.6. The Morgan fingerprint density at radius 1 is 1.21 bits per heavy atom. The van der Waals surface area contributed by atoms with Crippen LogP contribution in [-0.2, 0) is 14.3 Å². The fourth-order valence-electron chi connectivity index (χ4n) is 2.30. The summed E-state index contributed by atoms with van der Waals surface area (Å²) >= 11 is 0. The summed E-state index contributed by atoms with van der Waals surface area (Å²) in [6.45, 7) is 6.13. The van der Waals surface area contributed by atoms with Crippen LogP contribution in [0, 0.1) is 5.92 Å². The van der Waals surface area contributed by atoms with Gasteiger partial charge in [-0.2, -0.15) is 0 Å². The van der Waals surface area contributed by atoms with Crippen molar-refractivity contribution in [1.29, 1.82) is 0 Å². The molecule has 1 aliphatic carbocycles. The average Bonchev–Trinajstić information content (AvgIpc) is 2.27. The molecule has 0 radical (unpaired) electrons. The van der Waals surface area contributed by atoms with Gasteiger partial charge in [-0.1, -0.05) is 0 Å². The standard InChI is InChI=1S/C14H25NO4/c1-14(2,3)19-13(18)10-4-6-11(7-5-10)15-9-8-12(16)17/h10-11,15H,4-9H2,1-3H3,(H,16,17). The zero-order valence-corrected chi connectivity index (χ0v) is 12.1. The number of hydrogen-bond acceptors (Lipinski definition) is 4. The summed E-state index contributed by atoms with van der Waals surface area (Å²) in [5, 5.41) is 11.8. The fourth-order valence-corrected chi connectivity index (χ4v) is 2.30. The fraction of sp³-hybridized carbons (Fsp3) is 0.857. The second-order valence-corrected chi connectivity index (χ2v) is 6.18. The summed E-state index contributed by atoms with van der Waals surface area (Å²) in [4.78, 5) is 22.3. The zero-order valence-electron chi connectivity index (χ0n) is 12.1. The van der Waals surface area contributed by atoms with E-state index in [1.54, 1.807) is 0 Å². The molecule has 0 heterocycles. The first-order valence-corrected chi connectivity index (χ1v) is 6.96. The van der Waals surface area contributed by atoms with Crippen LogP contribution in [0.3, 0.4) is 0 Å². The number of ether oxygens (including phenoxy) is 1. The molecule has 0 aromatic rings. The van der Waals surface area contributed by atoms with Gasteiger partial charge in [-0.05, 0) is 46.5 Å². The molecule has 2 N–H and O–H groups in total. The summed E-state index contributed by atoms with van der Waals surface area (Å²) in [7, 11) is 0. The highest BCUT2D eigenvalue weighted by Gasteiger charge is 2.29. The Hall–Kier alpha value is -1.10. The van der Waals surface area contributed by atoms with Crippen molar-refractivity contribution < 1.29 is 19.4 Å². The van der Waals surface area contributed by atoms with Crippen LogP contribution in [0.2, 0.25) is 0 Å². The first-order chi connectivity index (χ1) is 8.78. The second-order valence-electron chi connectivity index (χ2n) is 6.18. The van der Waals surface area contributed by atoms with E-state index in [1.165, 1.54) is 0 Å². The van der Waals surface area contributed by atoms with Gasteiger partial charge in [0.15, 0.2) is 0 Å². The molecule has 110 valence electrons. The van der Waals surface area contributed by atoms with Crippen LogP contribution >= 0.6 is 0 Å². The van der Waals surface area contributed by atoms with Gasteiger partial charge in [0.25, 0.3) is 0 Å². The van der Waals surface area contributed by atoms with Gasteiger partial charge < -0.3 is 15.2 Å². The van der Waals surface area contributed by atoms with Gasteiger partial charge in [-0.25, -0.2) is 0 Å². The van der Waals surface area contributed by atoms with Crippen LogP contribution in [0.5, 0.6) is 0 Å². The van der Waals surface area contributed by atoms with E-state index in [9.17, 15) is 9.59 Å². The van der Waals surface area contributed by atoms with Crippen molar-refractivity contribution in [2.45, 2.75) is 64.5 Å². The van der Waals surface area contributed by atoms with E-state index < -0.39 is 11.6 Å². The smallest absolute Gasteiger partial charge is 0.309 e. The van der Waals surface area contributed by atoms with E-state index in [1.807, 2.05) is 20.8 Å². The predicted octanol–water partition coefficient (Wildman–Crippen LogP) is 1.95. The van der Waals surface area contributed by atoms with Gasteiger partial charge in [0.05, 0.1) is 12.3 Å². The van der Waals surface area contributed by atoms with E-state index in [0.717, 1.165) is 25.7 Å². The maximum Gasteiger partial charge on any atom is 0.309 e. The maximum atomic E-state index is 11.9. The first kappa shape index (κ1) is 16.0. The molecule has 0 atom stereocenters. The lowest BCUT2D eigenvalue weighted by molar-refractivity contribution is -0.161. The summed E-state index contributed by atoms with van der Waals surface area (Å²) in [6, 6.07) is 0.332. The molecule has 0 saturated heterocycles. The topological polar surface area (TPSA) is 75.6 Å². The minimum absolute atomic E-state index is 0.00301. The molecule has 0 unspecified atom stereocenters. The number of carboxylic acid groups (broad SMARTS) is 1. The van der Waals surface area contributed by atoms with E-state index in [-0.39, 0.29) is 18.3 Å². The molecule has 0 spiro atoms. The van der Waals surface area contributed by atoms with Crippen LogP contribution in [0.4, 0.5) is 0 Å². The molecule has 5 heteroatoms. The van der Waals surface area contributed by atoms with Gasteiger partial charge in [-0.15, -0.1) is 0 Å². The van der Waals surface area contributed by atoms with Gasteiger partial charge >= 0.3 is 11.9 Å². The quantitative estimate of drug-likeness (QED) is 0.747. The lowest BCUT2D eigenvalue weighted by Crippen LogP contribution is -2.37. The maximum absolute atomic E-state index is 11.9. The Morgan fingerprint density at radius 3 is 2.26 bits per heavy atom. The Labute approximate surface area is 114 Å². The number of esters is 1. The Kier molecular flexibility index (Phi) is 5.79. The lowest BCUT2D eigenvalue weighted by Gasteiger charge is -2.30. The van der Waals surface area contributed by atoms with Crippen LogP contribution in [-0.4, -0.2) is 35.2 Å². The molecule has 1 fully saturated rings. The highest BCUT2D eigenvalue weighted by molar-refractivity contribution is 5.73. The summed E-state index contributed by atoms with van der Waals surface area (Å²) in [5.74, 6) is -0.886. The van der Waals surface area contributed by atoms with Crippen LogP contribution < -0.4 is 5.32 Å². The molecule has 0 aromatic heterocycles. The molecule has 0 aliphatic heterocycles. The largest absolute Gasteiger partial charge is 0.481 e. The summed E-state index contributed by atoms with van der Waals surface area (Å²) in [5.41, 5.74) is -0.423. The molecule has 0 bridgehead atoms. The van der Waals surface area contributed by atoms with Crippen molar-refractivity contribution in [3.63, 3.8) is 0 Å². The number of aliphatic carboxylic acids is 1. The van der Waals surface area contributed by atoms with E-state index in [2.05, 4.69) is 5.32 Å². The normalized spacial score (nSPS) is 23.9. The van der Waals surface area contributed by atoms with Crippen LogP contribution in [0.15, 0.2) is 0 Å². The van der Waals surface area contributed by atoms with Gasteiger partial charge in [-0.3, -0.25) is 9.59 Å². The third-order valence-corrected chi connectivity index (χ3v) is 3.24. The summed E-state index contributed by atoms with van der Waals surface area (Å²) < 4.78 is 5.39. The molecule has 0 amide bonds. The van der Waals surface area contributed by atoms with Gasteiger partial charge in [0.2, 0.25) is 0 Å². The number of rotatable bonds is 5. The molecule has 0 aromatic carbocycles. The molecule has 5 nitrogen and oxygen atoms in total. The monoisotopic (exact) mass is 271 g/mol. The van der Waals surface area contributed by atoms with Gasteiger partial charge in [0.1, 0.15) is 5.60 Å². The molecule has 1 rings (SSSR count). The van der Waals surface area contributed by atoms with E-state index in [0.29, 0.717) is 12.6 Å². The van der Waals surface area contributed by atoms with Crippen molar-refractivity contribution in [3.05, 3.63) is 0 Å². The number of carbonyl (C=O) groups excluding carboxylic acids is 1. The molecular weight excluding hydrogens is 246 g/mol. The minimum atomic E-state index is -0.782. The zero-order chi connectivity index (χ0) is 14.5. The predicted molar refractivity (Wildman–Crippen MR) is 71.8 cm³/mol. The van der Waals surface area contributed by atoms with Crippen molar-refractivity contribution in [2.24, 2.45) is 5.92 Å². The minimum Gasteiger partial charge on any atom is -0.481 e. The second kappa shape index (κ2) is 6.89. The van der Waals surface area contributed by atoms with Crippen LogP contribution in [0.1, 0.15) is 52.9 Å². The molecule has 19 heavy (non-hydrogen) atoms. The third-order valence-electron chi connectivity index (χ3n) is 3.24. The first-order valence-electron chi connectivity index (χ1n) is 6.96. The number of carboxylic acids is 1. The SMILES string of the molecule is CC(C)(C)OC(=O)C1CCC(NCCC(=O)O)CC1. The number of nitrogens with one attached hydrogen (secondary N) is 1. The molecular formula is C14H25NO4. The molecule has 1 saturated carbocycles. The van der Waals surface area contributed by atoms with Crippen LogP contribution in [0.25, 0.3) is 0 Å². The Balaban J connectivity index is 2.25. The lowest BCUT2D eigenvalue weighted by atomic mass is 9.86. The average molecular weight is 271 g/mol. The van der Waals surface area contributed by atoms with Crippen molar-refractivity contribution >= 4 is 11.9 Å². The van der Waals surface area contributed by atoms with Gasteiger partial charge in [0, 0.05) is 12.6 Å². The number of carbonyl (C=O) groups is 2. The Morgan fingerprint density at radius 2 is 1.79 bits per heavy atom. The van der Waals surface area contributed by atoms with E-state index in [4.69, 9.17) is 9.84 Å².